The summed E-state index contributed by atoms with van der Waals surface area (Å²) in [6.07, 6.45) is 3.69. The van der Waals surface area contributed by atoms with Crippen molar-refractivity contribution >= 4 is 35.0 Å². The predicted molar refractivity (Wildman–Crippen MR) is 98.9 cm³/mol. The Bertz CT molecular complexity index is 900. The SMILES string of the molecule is CCC(=O)Nc1cc(-c2ccnc(Nc3cccc(Cl)c3)n2)ccn1. The second-order valence-corrected chi connectivity index (χ2v) is 5.67. The van der Waals surface area contributed by atoms with Crippen LogP contribution in [0.2, 0.25) is 5.02 Å². The summed E-state index contributed by atoms with van der Waals surface area (Å²) in [6, 6.07) is 12.7. The minimum atomic E-state index is -0.0874. The maximum Gasteiger partial charge on any atom is 0.227 e. The van der Waals surface area contributed by atoms with Gasteiger partial charge in [0, 0.05) is 35.1 Å². The topological polar surface area (TPSA) is 79.8 Å². The first-order chi connectivity index (χ1) is 12.1. The maximum absolute atomic E-state index is 11.5. The van der Waals surface area contributed by atoms with Gasteiger partial charge in [-0.1, -0.05) is 24.6 Å². The number of aromatic nitrogens is 3. The van der Waals surface area contributed by atoms with E-state index in [1.54, 1.807) is 43.6 Å². The van der Waals surface area contributed by atoms with E-state index in [2.05, 4.69) is 25.6 Å². The lowest BCUT2D eigenvalue weighted by Crippen LogP contribution is -2.10. The molecule has 0 spiro atoms. The summed E-state index contributed by atoms with van der Waals surface area (Å²) in [5.74, 6) is 0.860. The van der Waals surface area contributed by atoms with E-state index in [1.165, 1.54) is 0 Å². The lowest BCUT2D eigenvalue weighted by molar-refractivity contribution is -0.115. The fraction of sp³-hybridized carbons (Fsp3) is 0.111. The number of hydrogen-bond acceptors (Lipinski definition) is 5. The van der Waals surface area contributed by atoms with E-state index in [0.717, 1.165) is 11.3 Å². The predicted octanol–water partition coefficient (Wildman–Crippen LogP) is 4.28. The summed E-state index contributed by atoms with van der Waals surface area (Å²) in [5.41, 5.74) is 2.35. The number of pyridine rings is 1. The number of carbonyl (C=O) groups is 1. The molecule has 0 unspecified atom stereocenters. The lowest BCUT2D eigenvalue weighted by atomic mass is 10.2. The van der Waals surface area contributed by atoms with Gasteiger partial charge in [-0.2, -0.15) is 0 Å². The van der Waals surface area contributed by atoms with Crippen LogP contribution in [0.25, 0.3) is 11.3 Å². The van der Waals surface area contributed by atoms with Gasteiger partial charge in [-0.3, -0.25) is 4.79 Å². The van der Waals surface area contributed by atoms with E-state index in [-0.39, 0.29) is 5.91 Å². The summed E-state index contributed by atoms with van der Waals surface area (Å²) >= 11 is 5.99. The van der Waals surface area contributed by atoms with Crippen molar-refractivity contribution in [3.8, 4) is 11.3 Å². The first-order valence-corrected chi connectivity index (χ1v) is 8.14. The molecule has 0 saturated heterocycles. The number of anilines is 3. The van der Waals surface area contributed by atoms with Crippen LogP contribution >= 0.6 is 11.6 Å². The second kappa shape index (κ2) is 7.72. The molecule has 1 aromatic carbocycles. The van der Waals surface area contributed by atoms with Crippen molar-refractivity contribution in [3.05, 3.63) is 59.9 Å². The Morgan fingerprint density at radius 1 is 1.12 bits per heavy atom. The molecule has 2 aromatic heterocycles. The Kier molecular flexibility index (Phi) is 5.20. The van der Waals surface area contributed by atoms with Crippen molar-refractivity contribution in [1.29, 1.82) is 0 Å². The molecule has 126 valence electrons. The van der Waals surface area contributed by atoms with Crippen molar-refractivity contribution in [2.24, 2.45) is 0 Å². The van der Waals surface area contributed by atoms with E-state index in [1.807, 2.05) is 18.2 Å². The third kappa shape index (κ3) is 4.51. The Morgan fingerprint density at radius 3 is 2.76 bits per heavy atom. The van der Waals surface area contributed by atoms with Crippen LogP contribution in [0, 0.1) is 0 Å². The molecule has 0 aliphatic rings. The fourth-order valence-corrected chi connectivity index (χ4v) is 2.35. The van der Waals surface area contributed by atoms with E-state index in [0.29, 0.717) is 28.9 Å². The Morgan fingerprint density at radius 2 is 1.96 bits per heavy atom. The first kappa shape index (κ1) is 16.9. The molecule has 0 aliphatic heterocycles. The van der Waals surface area contributed by atoms with Gasteiger partial charge in [-0.15, -0.1) is 0 Å². The highest BCUT2D eigenvalue weighted by atomic mass is 35.5. The molecule has 3 aromatic rings. The molecular weight excluding hydrogens is 338 g/mol. The molecule has 7 heteroatoms. The highest BCUT2D eigenvalue weighted by Gasteiger charge is 2.06. The zero-order chi connectivity index (χ0) is 17.6. The number of hydrogen-bond donors (Lipinski definition) is 2. The Labute approximate surface area is 150 Å². The maximum atomic E-state index is 11.5. The standard InChI is InChI=1S/C18H16ClN5O/c1-2-17(25)24-16-10-12(6-8-20-16)15-7-9-21-18(23-15)22-14-5-3-4-13(19)11-14/h3-11H,2H2,1H3,(H,20,24,25)(H,21,22,23). The monoisotopic (exact) mass is 353 g/mol. The molecule has 1 amide bonds. The number of rotatable bonds is 5. The normalized spacial score (nSPS) is 10.3. The molecule has 0 aliphatic carbocycles. The van der Waals surface area contributed by atoms with Crippen molar-refractivity contribution in [3.63, 3.8) is 0 Å². The Hall–Kier alpha value is -2.99. The van der Waals surface area contributed by atoms with Crippen molar-refractivity contribution in [2.45, 2.75) is 13.3 Å². The van der Waals surface area contributed by atoms with Gasteiger partial charge in [0.2, 0.25) is 11.9 Å². The van der Waals surface area contributed by atoms with E-state index < -0.39 is 0 Å². The zero-order valence-corrected chi connectivity index (χ0v) is 14.3. The average Bonchev–Trinajstić information content (AvgIpc) is 2.62. The molecule has 2 heterocycles. The zero-order valence-electron chi connectivity index (χ0n) is 13.5. The highest BCUT2D eigenvalue weighted by molar-refractivity contribution is 6.30. The summed E-state index contributed by atoms with van der Waals surface area (Å²) in [7, 11) is 0. The number of halogens is 1. The van der Waals surface area contributed by atoms with Crippen molar-refractivity contribution in [1.82, 2.24) is 15.0 Å². The molecule has 3 rings (SSSR count). The van der Waals surface area contributed by atoms with Crippen LogP contribution in [0.5, 0.6) is 0 Å². The third-order valence-electron chi connectivity index (χ3n) is 3.38. The average molecular weight is 354 g/mol. The van der Waals surface area contributed by atoms with Gasteiger partial charge in [-0.05, 0) is 36.4 Å². The number of amides is 1. The number of carbonyl (C=O) groups excluding carboxylic acids is 1. The van der Waals surface area contributed by atoms with Gasteiger partial charge in [0.05, 0.1) is 5.69 Å². The van der Waals surface area contributed by atoms with Crippen molar-refractivity contribution < 1.29 is 4.79 Å². The molecule has 25 heavy (non-hydrogen) atoms. The van der Waals surface area contributed by atoms with Gasteiger partial charge < -0.3 is 10.6 Å². The van der Waals surface area contributed by atoms with Gasteiger partial charge in [0.15, 0.2) is 0 Å². The number of nitrogens with one attached hydrogen (secondary N) is 2. The van der Waals surface area contributed by atoms with Gasteiger partial charge in [-0.25, -0.2) is 15.0 Å². The molecule has 0 radical (unpaired) electrons. The van der Waals surface area contributed by atoms with Gasteiger partial charge in [0.25, 0.3) is 0 Å². The summed E-state index contributed by atoms with van der Waals surface area (Å²) in [4.78, 5) is 24.4. The van der Waals surface area contributed by atoms with E-state index in [9.17, 15) is 4.79 Å². The third-order valence-corrected chi connectivity index (χ3v) is 3.62. The lowest BCUT2D eigenvalue weighted by Gasteiger charge is -2.08. The van der Waals surface area contributed by atoms with Crippen LogP contribution < -0.4 is 10.6 Å². The minimum absolute atomic E-state index is 0.0874. The summed E-state index contributed by atoms with van der Waals surface area (Å²) < 4.78 is 0. The molecule has 0 fully saturated rings. The highest BCUT2D eigenvalue weighted by Crippen LogP contribution is 2.22. The van der Waals surface area contributed by atoms with E-state index >= 15 is 0 Å². The summed E-state index contributed by atoms with van der Waals surface area (Å²) in [5, 5.41) is 6.49. The van der Waals surface area contributed by atoms with Crippen LogP contribution in [0.1, 0.15) is 13.3 Å². The number of nitrogens with zero attached hydrogens (tertiary/aromatic N) is 3. The molecule has 0 saturated carbocycles. The van der Waals surface area contributed by atoms with E-state index in [4.69, 9.17) is 11.6 Å². The van der Waals surface area contributed by atoms with Crippen LogP contribution in [0.4, 0.5) is 17.5 Å². The Balaban J connectivity index is 1.84. The minimum Gasteiger partial charge on any atom is -0.324 e. The second-order valence-electron chi connectivity index (χ2n) is 5.23. The van der Waals surface area contributed by atoms with Gasteiger partial charge in [0.1, 0.15) is 5.82 Å². The molecule has 2 N–H and O–H groups in total. The molecule has 0 bridgehead atoms. The van der Waals surface area contributed by atoms with Crippen LogP contribution in [0.15, 0.2) is 54.9 Å². The first-order valence-electron chi connectivity index (χ1n) is 7.76. The van der Waals surface area contributed by atoms with Crippen LogP contribution in [-0.2, 0) is 4.79 Å². The fourth-order valence-electron chi connectivity index (χ4n) is 2.16. The van der Waals surface area contributed by atoms with Crippen molar-refractivity contribution in [2.75, 3.05) is 10.6 Å². The van der Waals surface area contributed by atoms with Gasteiger partial charge >= 0.3 is 0 Å². The van der Waals surface area contributed by atoms with Crippen LogP contribution in [-0.4, -0.2) is 20.9 Å². The summed E-state index contributed by atoms with van der Waals surface area (Å²) in [6.45, 7) is 1.79. The molecule has 6 nitrogen and oxygen atoms in total. The quantitative estimate of drug-likeness (QED) is 0.715. The smallest absolute Gasteiger partial charge is 0.227 e. The largest absolute Gasteiger partial charge is 0.324 e. The molecule has 0 atom stereocenters. The number of benzene rings is 1. The molecular formula is C18H16ClN5O. The van der Waals surface area contributed by atoms with Crippen LogP contribution in [0.3, 0.4) is 0 Å².